The van der Waals surface area contributed by atoms with Crippen molar-refractivity contribution in [3.63, 3.8) is 0 Å². The summed E-state index contributed by atoms with van der Waals surface area (Å²) in [4.78, 5) is 30.1. The Labute approximate surface area is 170 Å². The molecule has 29 heavy (non-hydrogen) atoms. The highest BCUT2D eigenvalue weighted by molar-refractivity contribution is 5.77. The number of ether oxygens (including phenoxy) is 2. The van der Waals surface area contributed by atoms with Crippen molar-refractivity contribution in [3.8, 4) is 17.1 Å². The van der Waals surface area contributed by atoms with E-state index in [9.17, 15) is 9.59 Å². The van der Waals surface area contributed by atoms with Crippen molar-refractivity contribution in [2.45, 2.75) is 44.9 Å². The van der Waals surface area contributed by atoms with Crippen molar-refractivity contribution < 1.29 is 23.6 Å². The Hall–Kier alpha value is -2.90. The first-order valence-electron chi connectivity index (χ1n) is 10.0. The molecular formula is C21H27N3O5. The molecule has 0 atom stereocenters. The van der Waals surface area contributed by atoms with E-state index in [1.165, 1.54) is 0 Å². The third kappa shape index (κ3) is 5.56. The molecule has 1 amide bonds. The Balaban J connectivity index is 1.47. The van der Waals surface area contributed by atoms with Crippen LogP contribution < -0.4 is 4.74 Å². The van der Waals surface area contributed by atoms with E-state index in [2.05, 4.69) is 10.1 Å². The molecule has 3 rings (SSSR count). The second kappa shape index (κ2) is 10.0. The lowest BCUT2D eigenvalue weighted by molar-refractivity contribution is -0.143. The first kappa shape index (κ1) is 20.8. The van der Waals surface area contributed by atoms with E-state index in [1.807, 2.05) is 29.2 Å². The molecule has 1 aromatic heterocycles. The number of likely N-dealkylation sites (tertiary alicyclic amines) is 1. The van der Waals surface area contributed by atoms with Gasteiger partial charge in [-0.25, -0.2) is 0 Å². The molecule has 8 heteroatoms. The minimum Gasteiger partial charge on any atom is -0.497 e. The van der Waals surface area contributed by atoms with Gasteiger partial charge in [-0.2, -0.15) is 4.98 Å². The van der Waals surface area contributed by atoms with Gasteiger partial charge in [-0.15, -0.1) is 0 Å². The monoisotopic (exact) mass is 401 g/mol. The molecule has 1 aromatic carbocycles. The van der Waals surface area contributed by atoms with Gasteiger partial charge in [0.1, 0.15) is 5.75 Å². The number of methoxy groups -OCH3 is 1. The van der Waals surface area contributed by atoms with Crippen molar-refractivity contribution >= 4 is 11.9 Å². The molecule has 0 radical (unpaired) electrons. The van der Waals surface area contributed by atoms with Crippen LogP contribution in [0.3, 0.4) is 0 Å². The van der Waals surface area contributed by atoms with Gasteiger partial charge in [0.15, 0.2) is 0 Å². The van der Waals surface area contributed by atoms with E-state index in [0.29, 0.717) is 44.3 Å². The number of carbonyl (C=O) groups is 2. The quantitative estimate of drug-likeness (QED) is 0.627. The van der Waals surface area contributed by atoms with Crippen LogP contribution in [-0.4, -0.2) is 53.7 Å². The largest absolute Gasteiger partial charge is 0.497 e. The Morgan fingerprint density at radius 1 is 1.17 bits per heavy atom. The fourth-order valence-electron chi connectivity index (χ4n) is 3.41. The highest BCUT2D eigenvalue weighted by atomic mass is 16.5. The number of esters is 1. The molecule has 0 N–H and O–H groups in total. The molecule has 2 aromatic rings. The van der Waals surface area contributed by atoms with Gasteiger partial charge in [-0.1, -0.05) is 5.16 Å². The summed E-state index contributed by atoms with van der Waals surface area (Å²) in [5.41, 5.74) is 0.870. The standard InChI is InChI=1S/C21H27N3O5/c1-3-28-19(26)6-4-5-18(25)24-13-11-16(12-14-24)21-22-20(23-29-21)15-7-9-17(27-2)10-8-15/h7-10,16H,3-6,11-14H2,1-2H3. The van der Waals surface area contributed by atoms with Crippen molar-refractivity contribution in [3.05, 3.63) is 30.2 Å². The van der Waals surface area contributed by atoms with Crippen molar-refractivity contribution in [2.75, 3.05) is 26.8 Å². The number of nitrogens with zero attached hydrogens (tertiary/aromatic N) is 3. The zero-order chi connectivity index (χ0) is 20.6. The molecule has 0 saturated carbocycles. The lowest BCUT2D eigenvalue weighted by atomic mass is 9.96. The van der Waals surface area contributed by atoms with E-state index in [0.717, 1.165) is 24.2 Å². The number of rotatable bonds is 8. The Kier molecular flexibility index (Phi) is 7.21. The number of hydrogen-bond acceptors (Lipinski definition) is 7. The van der Waals surface area contributed by atoms with Crippen LogP contribution in [-0.2, 0) is 14.3 Å². The fourth-order valence-corrected chi connectivity index (χ4v) is 3.41. The predicted molar refractivity (Wildman–Crippen MR) is 105 cm³/mol. The first-order chi connectivity index (χ1) is 14.1. The average Bonchev–Trinajstić information content (AvgIpc) is 3.24. The maximum Gasteiger partial charge on any atom is 0.305 e. The van der Waals surface area contributed by atoms with Gasteiger partial charge in [0.05, 0.1) is 13.7 Å². The Bertz CT molecular complexity index is 810. The average molecular weight is 401 g/mol. The van der Waals surface area contributed by atoms with Gasteiger partial charge >= 0.3 is 5.97 Å². The first-order valence-corrected chi connectivity index (χ1v) is 10.0. The van der Waals surface area contributed by atoms with Gasteiger partial charge in [0.25, 0.3) is 0 Å². The van der Waals surface area contributed by atoms with E-state index in [1.54, 1.807) is 14.0 Å². The zero-order valence-electron chi connectivity index (χ0n) is 16.9. The molecule has 0 spiro atoms. The smallest absolute Gasteiger partial charge is 0.305 e. The Morgan fingerprint density at radius 3 is 2.55 bits per heavy atom. The summed E-state index contributed by atoms with van der Waals surface area (Å²) in [6.07, 6.45) is 2.74. The van der Waals surface area contributed by atoms with Crippen LogP contribution in [0.25, 0.3) is 11.4 Å². The van der Waals surface area contributed by atoms with Crippen molar-refractivity contribution in [1.82, 2.24) is 15.0 Å². The Morgan fingerprint density at radius 2 is 1.90 bits per heavy atom. The zero-order valence-corrected chi connectivity index (χ0v) is 16.9. The number of amides is 1. The van der Waals surface area contributed by atoms with Gasteiger partial charge < -0.3 is 18.9 Å². The van der Waals surface area contributed by atoms with Crippen molar-refractivity contribution in [2.24, 2.45) is 0 Å². The maximum absolute atomic E-state index is 12.3. The lowest BCUT2D eigenvalue weighted by Gasteiger charge is -2.30. The van der Waals surface area contributed by atoms with Crippen LogP contribution in [0.4, 0.5) is 0 Å². The summed E-state index contributed by atoms with van der Waals surface area (Å²) in [6.45, 7) is 3.46. The summed E-state index contributed by atoms with van der Waals surface area (Å²) in [6, 6.07) is 7.50. The van der Waals surface area contributed by atoms with Crippen LogP contribution >= 0.6 is 0 Å². The normalized spacial score (nSPS) is 14.6. The number of piperidine rings is 1. The van der Waals surface area contributed by atoms with E-state index in [4.69, 9.17) is 14.0 Å². The van der Waals surface area contributed by atoms with Crippen LogP contribution in [0.5, 0.6) is 5.75 Å². The molecule has 8 nitrogen and oxygen atoms in total. The second-order valence-corrected chi connectivity index (χ2v) is 7.00. The number of hydrogen-bond donors (Lipinski definition) is 0. The molecule has 0 aliphatic carbocycles. The van der Waals surface area contributed by atoms with Crippen LogP contribution in [0.15, 0.2) is 28.8 Å². The van der Waals surface area contributed by atoms with Gasteiger partial charge in [0, 0.05) is 37.4 Å². The summed E-state index contributed by atoms with van der Waals surface area (Å²) in [7, 11) is 1.62. The molecule has 1 aliphatic rings. The second-order valence-electron chi connectivity index (χ2n) is 7.00. The highest BCUT2D eigenvalue weighted by Crippen LogP contribution is 2.29. The molecule has 156 valence electrons. The summed E-state index contributed by atoms with van der Waals surface area (Å²) >= 11 is 0. The minimum absolute atomic E-state index is 0.0807. The molecule has 1 aliphatic heterocycles. The summed E-state index contributed by atoms with van der Waals surface area (Å²) < 4.78 is 15.5. The number of carbonyl (C=O) groups excluding carboxylic acids is 2. The summed E-state index contributed by atoms with van der Waals surface area (Å²) in [5, 5.41) is 4.09. The highest BCUT2D eigenvalue weighted by Gasteiger charge is 2.27. The SMILES string of the molecule is CCOC(=O)CCCC(=O)N1CCC(c2nc(-c3ccc(OC)cc3)no2)CC1. The van der Waals surface area contributed by atoms with Crippen molar-refractivity contribution in [1.29, 1.82) is 0 Å². The third-order valence-corrected chi connectivity index (χ3v) is 5.06. The fraction of sp³-hybridized carbons (Fsp3) is 0.524. The van der Waals surface area contributed by atoms with Crippen LogP contribution in [0, 0.1) is 0 Å². The molecule has 0 unspecified atom stereocenters. The predicted octanol–water partition coefficient (Wildman–Crippen LogP) is 3.18. The van der Waals surface area contributed by atoms with Crippen LogP contribution in [0.1, 0.15) is 50.8 Å². The van der Waals surface area contributed by atoms with Crippen LogP contribution in [0.2, 0.25) is 0 Å². The maximum atomic E-state index is 12.3. The molecule has 2 heterocycles. The van der Waals surface area contributed by atoms with Gasteiger partial charge in [-0.05, 0) is 50.5 Å². The number of benzene rings is 1. The molecule has 0 bridgehead atoms. The van der Waals surface area contributed by atoms with E-state index < -0.39 is 0 Å². The molecule has 1 saturated heterocycles. The lowest BCUT2D eigenvalue weighted by Crippen LogP contribution is -2.37. The minimum atomic E-state index is -0.247. The van der Waals surface area contributed by atoms with Gasteiger partial charge in [-0.3, -0.25) is 9.59 Å². The summed E-state index contributed by atoms with van der Waals surface area (Å²) in [5.74, 6) is 1.93. The molecule has 1 fully saturated rings. The molecular weight excluding hydrogens is 374 g/mol. The number of aromatic nitrogens is 2. The van der Waals surface area contributed by atoms with Gasteiger partial charge in [0.2, 0.25) is 17.6 Å². The van der Waals surface area contributed by atoms with E-state index >= 15 is 0 Å². The topological polar surface area (TPSA) is 94.8 Å². The van der Waals surface area contributed by atoms with E-state index in [-0.39, 0.29) is 24.2 Å². The third-order valence-electron chi connectivity index (χ3n) is 5.06.